The van der Waals surface area contributed by atoms with Crippen LogP contribution >= 0.6 is 0 Å². The van der Waals surface area contributed by atoms with Crippen molar-refractivity contribution in [3.63, 3.8) is 0 Å². The molecule has 0 saturated heterocycles. The van der Waals surface area contributed by atoms with Crippen LogP contribution in [0.25, 0.3) is 0 Å². The minimum Gasteiger partial charge on any atom is -0.491 e. The number of nitro benzene ring substituents is 1. The third kappa shape index (κ3) is 3.86. The predicted molar refractivity (Wildman–Crippen MR) is 71.0 cm³/mol. The Morgan fingerprint density at radius 3 is 2.45 bits per heavy atom. The number of non-ortho nitro benzene ring substituents is 1. The molecular weight excluding hydrogens is 270 g/mol. The van der Waals surface area contributed by atoms with E-state index in [4.69, 9.17) is 10.5 Å². The summed E-state index contributed by atoms with van der Waals surface area (Å²) < 4.78 is 31.2. The zero-order valence-electron chi connectivity index (χ0n) is 11.4. The maximum Gasteiger partial charge on any atom is 0.270 e. The molecule has 0 aliphatic rings. The van der Waals surface area contributed by atoms with Gasteiger partial charge in [0.15, 0.2) is 0 Å². The van der Waals surface area contributed by atoms with Crippen LogP contribution in [-0.2, 0) is 0 Å². The molecule has 0 unspecified atom stereocenters. The maximum atomic E-state index is 12.9. The molecule has 20 heavy (non-hydrogen) atoms. The molecule has 0 heterocycles. The summed E-state index contributed by atoms with van der Waals surface area (Å²) in [6.45, 7) is 3.85. The Labute approximate surface area is 115 Å². The van der Waals surface area contributed by atoms with Gasteiger partial charge in [0.05, 0.1) is 10.5 Å². The third-order valence-electron chi connectivity index (χ3n) is 3.36. The number of nitro groups is 1. The molecule has 0 aromatic heterocycles. The number of nitrogens with zero attached hydrogens (tertiary/aromatic N) is 1. The number of nitrogens with two attached hydrogens (primary N) is 1. The van der Waals surface area contributed by atoms with Crippen LogP contribution in [0, 0.1) is 10.1 Å². The van der Waals surface area contributed by atoms with Crippen molar-refractivity contribution in [2.75, 3.05) is 6.61 Å². The summed E-state index contributed by atoms with van der Waals surface area (Å²) in [6, 6.07) is 3.15. The van der Waals surface area contributed by atoms with Crippen LogP contribution in [0.3, 0.4) is 0 Å². The summed E-state index contributed by atoms with van der Waals surface area (Å²) in [5, 5.41) is 10.6. The number of benzene rings is 1. The number of ether oxygens (including phenoxy) is 1. The Morgan fingerprint density at radius 2 is 2.00 bits per heavy atom. The van der Waals surface area contributed by atoms with Crippen LogP contribution in [0.2, 0.25) is 0 Å². The van der Waals surface area contributed by atoms with Gasteiger partial charge in [0, 0.05) is 17.7 Å². The lowest BCUT2D eigenvalue weighted by molar-refractivity contribution is -0.385. The highest BCUT2D eigenvalue weighted by atomic mass is 19.3. The second-order valence-corrected chi connectivity index (χ2v) is 4.64. The molecule has 1 aromatic rings. The second kappa shape index (κ2) is 6.60. The lowest BCUT2D eigenvalue weighted by atomic mass is 9.95. The van der Waals surface area contributed by atoms with E-state index >= 15 is 0 Å². The predicted octanol–water partition coefficient (Wildman–Crippen LogP) is 3.43. The summed E-state index contributed by atoms with van der Waals surface area (Å²) in [6.07, 6.45) is -1.57. The molecule has 0 saturated carbocycles. The topological polar surface area (TPSA) is 78.4 Å². The highest BCUT2D eigenvalue weighted by molar-refractivity contribution is 5.44. The molecule has 0 bridgehead atoms. The Hall–Kier alpha value is -1.76. The fourth-order valence-corrected chi connectivity index (χ4v) is 1.63. The van der Waals surface area contributed by atoms with E-state index in [1.165, 1.54) is 6.07 Å². The van der Waals surface area contributed by atoms with E-state index in [1.807, 2.05) is 13.8 Å². The van der Waals surface area contributed by atoms with Crippen molar-refractivity contribution in [3.05, 3.63) is 33.9 Å². The lowest BCUT2D eigenvalue weighted by Crippen LogP contribution is -2.44. The molecule has 0 atom stereocenters. The number of hydrogen-bond acceptors (Lipinski definition) is 4. The fraction of sp³-hybridized carbons (Fsp3) is 0.538. The molecule has 2 N–H and O–H groups in total. The molecular formula is C13H18F2N2O3. The van der Waals surface area contributed by atoms with Crippen molar-refractivity contribution in [3.8, 4) is 5.75 Å². The van der Waals surface area contributed by atoms with Crippen molar-refractivity contribution >= 4 is 5.69 Å². The first kappa shape index (κ1) is 16.3. The minimum atomic E-state index is -2.85. The van der Waals surface area contributed by atoms with Gasteiger partial charge in [-0.2, -0.15) is 0 Å². The molecule has 0 fully saturated rings. The first-order chi connectivity index (χ1) is 9.33. The number of rotatable bonds is 7. The second-order valence-electron chi connectivity index (χ2n) is 4.64. The Balaban J connectivity index is 2.98. The van der Waals surface area contributed by atoms with Gasteiger partial charge in [0.25, 0.3) is 12.1 Å². The average Bonchev–Trinajstić information content (AvgIpc) is 2.44. The summed E-state index contributed by atoms with van der Waals surface area (Å²) in [4.78, 5) is 9.88. The molecule has 1 aromatic carbocycles. The van der Waals surface area contributed by atoms with Gasteiger partial charge in [-0.05, 0) is 18.9 Å². The first-order valence-electron chi connectivity index (χ1n) is 6.31. The molecule has 0 amide bonds. The van der Waals surface area contributed by atoms with Crippen molar-refractivity contribution in [2.24, 2.45) is 5.73 Å². The van der Waals surface area contributed by atoms with Crippen molar-refractivity contribution < 1.29 is 18.4 Å². The standard InChI is InChI=1S/C13H18F2N2O3/c1-3-13(16,4-2)8-20-11-6-5-9(17(18)19)7-10(11)12(14)15/h5-7,12H,3-4,8,16H2,1-2H3. The highest BCUT2D eigenvalue weighted by Crippen LogP contribution is 2.32. The summed E-state index contributed by atoms with van der Waals surface area (Å²) in [7, 11) is 0. The third-order valence-corrected chi connectivity index (χ3v) is 3.36. The molecule has 0 spiro atoms. The normalized spacial score (nSPS) is 11.7. The monoisotopic (exact) mass is 288 g/mol. The molecule has 0 aliphatic carbocycles. The maximum absolute atomic E-state index is 12.9. The van der Waals surface area contributed by atoms with Crippen LogP contribution in [-0.4, -0.2) is 17.1 Å². The molecule has 0 radical (unpaired) electrons. The van der Waals surface area contributed by atoms with Gasteiger partial charge in [-0.25, -0.2) is 8.78 Å². The smallest absolute Gasteiger partial charge is 0.270 e. The average molecular weight is 288 g/mol. The van der Waals surface area contributed by atoms with Crippen LogP contribution in [0.4, 0.5) is 14.5 Å². The Morgan fingerprint density at radius 1 is 1.40 bits per heavy atom. The Bertz CT molecular complexity index is 477. The quantitative estimate of drug-likeness (QED) is 0.616. The van der Waals surface area contributed by atoms with Crippen LogP contribution in [0.1, 0.15) is 38.7 Å². The van der Waals surface area contributed by atoms with Gasteiger partial charge in [-0.15, -0.1) is 0 Å². The largest absolute Gasteiger partial charge is 0.491 e. The van der Waals surface area contributed by atoms with E-state index in [9.17, 15) is 18.9 Å². The summed E-state index contributed by atoms with van der Waals surface area (Å²) >= 11 is 0. The Kier molecular flexibility index (Phi) is 5.38. The number of alkyl halides is 2. The lowest BCUT2D eigenvalue weighted by Gasteiger charge is -2.27. The first-order valence-corrected chi connectivity index (χ1v) is 6.31. The van der Waals surface area contributed by atoms with Crippen LogP contribution in [0.5, 0.6) is 5.75 Å². The molecule has 7 heteroatoms. The molecule has 1 rings (SSSR count). The van der Waals surface area contributed by atoms with Gasteiger partial charge in [0.2, 0.25) is 0 Å². The SMILES string of the molecule is CCC(N)(CC)COc1ccc([N+](=O)[O-])cc1C(F)F. The number of hydrogen-bond donors (Lipinski definition) is 1. The van der Waals surface area contributed by atoms with E-state index in [-0.39, 0.29) is 12.4 Å². The highest BCUT2D eigenvalue weighted by Gasteiger charge is 2.24. The van der Waals surface area contributed by atoms with Gasteiger partial charge in [0.1, 0.15) is 12.4 Å². The van der Waals surface area contributed by atoms with Crippen molar-refractivity contribution in [1.29, 1.82) is 0 Å². The molecule has 112 valence electrons. The van der Waals surface area contributed by atoms with E-state index in [0.29, 0.717) is 12.8 Å². The van der Waals surface area contributed by atoms with E-state index in [2.05, 4.69) is 0 Å². The summed E-state index contributed by atoms with van der Waals surface area (Å²) in [5.74, 6) is -0.0673. The van der Waals surface area contributed by atoms with E-state index in [1.54, 1.807) is 0 Å². The van der Waals surface area contributed by atoms with Gasteiger partial charge >= 0.3 is 0 Å². The van der Waals surface area contributed by atoms with Gasteiger partial charge in [-0.3, -0.25) is 10.1 Å². The minimum absolute atomic E-state index is 0.0673. The van der Waals surface area contributed by atoms with E-state index < -0.39 is 28.1 Å². The van der Waals surface area contributed by atoms with Gasteiger partial charge < -0.3 is 10.5 Å². The number of halogens is 2. The molecule has 0 aliphatic heterocycles. The van der Waals surface area contributed by atoms with Crippen molar-refractivity contribution in [1.82, 2.24) is 0 Å². The van der Waals surface area contributed by atoms with Crippen molar-refractivity contribution in [2.45, 2.75) is 38.7 Å². The van der Waals surface area contributed by atoms with Gasteiger partial charge in [-0.1, -0.05) is 13.8 Å². The van der Waals surface area contributed by atoms with Crippen LogP contribution in [0.15, 0.2) is 18.2 Å². The fourth-order valence-electron chi connectivity index (χ4n) is 1.63. The molecule has 5 nitrogen and oxygen atoms in total. The van der Waals surface area contributed by atoms with E-state index in [0.717, 1.165) is 12.1 Å². The summed E-state index contributed by atoms with van der Waals surface area (Å²) in [5.41, 5.74) is 4.55. The van der Waals surface area contributed by atoms with Crippen LogP contribution < -0.4 is 10.5 Å². The zero-order chi connectivity index (χ0) is 15.3. The zero-order valence-corrected chi connectivity index (χ0v) is 11.4.